The van der Waals surface area contributed by atoms with E-state index in [0.29, 0.717) is 4.91 Å². The molecule has 0 saturated carbocycles. The number of hydrogen-bond donors (Lipinski definition) is 0. The summed E-state index contributed by atoms with van der Waals surface area (Å²) in [4.78, 5) is 29.3. The Bertz CT molecular complexity index is 1100. The minimum atomic E-state index is -0.240. The second-order valence-electron chi connectivity index (χ2n) is 8.21. The number of imide groups is 1. The van der Waals surface area contributed by atoms with Gasteiger partial charge >= 0.3 is 0 Å². The third-order valence-corrected chi connectivity index (χ3v) is 7.10. The van der Waals surface area contributed by atoms with E-state index in [1.54, 1.807) is 0 Å². The summed E-state index contributed by atoms with van der Waals surface area (Å²) in [5, 5.41) is -0.232. The van der Waals surface area contributed by atoms with E-state index in [0.717, 1.165) is 32.9 Å². The van der Waals surface area contributed by atoms with Crippen LogP contribution in [-0.4, -0.2) is 28.6 Å². The van der Waals surface area contributed by atoms with Crippen LogP contribution < -0.4 is 4.90 Å². The van der Waals surface area contributed by atoms with E-state index in [1.165, 1.54) is 16.2 Å². The van der Waals surface area contributed by atoms with Crippen molar-refractivity contribution in [1.29, 1.82) is 0 Å². The van der Waals surface area contributed by atoms with Crippen LogP contribution in [0.2, 0.25) is 0 Å². The van der Waals surface area contributed by atoms with Gasteiger partial charge in [-0.05, 0) is 79.6 Å². The standard InChI is InChI=1S/C24H23BrN2O2S/c1-15-13-24(2,3)26(4)20-10-7-17(11-19(15)20)12-21-22(28)27(23(29)30-21)14-16-5-8-18(25)9-6-16/h5-13H,14H2,1-4H3/b21-12-. The number of likely N-dealkylation sites (N-methyl/N-ethyl adjacent to an activating group) is 1. The Morgan fingerprint density at radius 1 is 1.10 bits per heavy atom. The van der Waals surface area contributed by atoms with Gasteiger partial charge in [0.2, 0.25) is 0 Å². The van der Waals surface area contributed by atoms with Crippen molar-refractivity contribution < 1.29 is 9.59 Å². The van der Waals surface area contributed by atoms with Crippen LogP contribution >= 0.6 is 27.7 Å². The number of allylic oxidation sites excluding steroid dienone is 1. The molecule has 30 heavy (non-hydrogen) atoms. The van der Waals surface area contributed by atoms with Gasteiger partial charge in [0.25, 0.3) is 11.1 Å². The van der Waals surface area contributed by atoms with Crippen LogP contribution in [0, 0.1) is 0 Å². The average Bonchev–Trinajstić information content (AvgIpc) is 2.95. The van der Waals surface area contributed by atoms with Gasteiger partial charge in [0, 0.05) is 22.8 Å². The summed E-state index contributed by atoms with van der Waals surface area (Å²) in [5.41, 5.74) is 5.33. The molecule has 0 radical (unpaired) electrons. The zero-order valence-electron chi connectivity index (χ0n) is 17.4. The summed E-state index contributed by atoms with van der Waals surface area (Å²) >= 11 is 4.40. The summed E-state index contributed by atoms with van der Waals surface area (Å²) < 4.78 is 0.964. The largest absolute Gasteiger partial charge is 0.366 e. The fourth-order valence-corrected chi connectivity index (χ4v) is 4.93. The summed E-state index contributed by atoms with van der Waals surface area (Å²) in [5.74, 6) is -0.240. The van der Waals surface area contributed by atoms with E-state index in [4.69, 9.17) is 0 Å². The first-order valence-corrected chi connectivity index (χ1v) is 11.3. The molecule has 4 rings (SSSR count). The number of amides is 2. The number of thioether (sulfide) groups is 1. The molecule has 0 spiro atoms. The van der Waals surface area contributed by atoms with Crippen molar-refractivity contribution in [3.05, 3.63) is 74.6 Å². The minimum Gasteiger partial charge on any atom is -0.366 e. The second-order valence-corrected chi connectivity index (χ2v) is 10.1. The predicted octanol–water partition coefficient (Wildman–Crippen LogP) is 6.32. The highest BCUT2D eigenvalue weighted by molar-refractivity contribution is 9.10. The molecule has 2 aliphatic heterocycles. The van der Waals surface area contributed by atoms with Crippen molar-refractivity contribution in [3.8, 4) is 0 Å². The number of nitrogens with zero attached hydrogens (tertiary/aromatic N) is 2. The van der Waals surface area contributed by atoms with E-state index in [2.05, 4.69) is 66.9 Å². The zero-order valence-corrected chi connectivity index (χ0v) is 19.8. The van der Waals surface area contributed by atoms with Gasteiger partial charge in [0.15, 0.2) is 0 Å². The molecule has 2 heterocycles. The molecule has 2 aromatic carbocycles. The van der Waals surface area contributed by atoms with Crippen molar-refractivity contribution in [2.75, 3.05) is 11.9 Å². The van der Waals surface area contributed by atoms with E-state index >= 15 is 0 Å². The van der Waals surface area contributed by atoms with Crippen LogP contribution in [0.4, 0.5) is 10.5 Å². The number of halogens is 1. The summed E-state index contributed by atoms with van der Waals surface area (Å²) in [7, 11) is 2.09. The van der Waals surface area contributed by atoms with Crippen LogP contribution in [0.5, 0.6) is 0 Å². The third kappa shape index (κ3) is 3.86. The maximum atomic E-state index is 12.9. The molecule has 0 atom stereocenters. The van der Waals surface area contributed by atoms with Gasteiger partial charge in [-0.3, -0.25) is 14.5 Å². The molecular formula is C24H23BrN2O2S. The molecule has 0 bridgehead atoms. The van der Waals surface area contributed by atoms with Crippen LogP contribution in [0.1, 0.15) is 37.5 Å². The lowest BCUT2D eigenvalue weighted by Gasteiger charge is -2.40. The normalized spacial score (nSPS) is 19.4. The number of fused-ring (bicyclic) bond motifs is 1. The molecule has 2 aliphatic rings. The molecular weight excluding hydrogens is 460 g/mol. The van der Waals surface area contributed by atoms with E-state index in [9.17, 15) is 9.59 Å². The Labute approximate surface area is 189 Å². The van der Waals surface area contributed by atoms with Gasteiger partial charge in [0.05, 0.1) is 17.0 Å². The van der Waals surface area contributed by atoms with Gasteiger partial charge in [0.1, 0.15) is 0 Å². The lowest BCUT2D eigenvalue weighted by molar-refractivity contribution is -0.123. The molecule has 4 nitrogen and oxygen atoms in total. The van der Waals surface area contributed by atoms with Crippen molar-refractivity contribution >= 4 is 56.2 Å². The van der Waals surface area contributed by atoms with Gasteiger partial charge in [-0.15, -0.1) is 0 Å². The number of anilines is 1. The summed E-state index contributed by atoms with van der Waals surface area (Å²) in [6, 6.07) is 13.8. The fraction of sp³-hybridized carbons (Fsp3) is 0.250. The van der Waals surface area contributed by atoms with E-state index in [-0.39, 0.29) is 23.2 Å². The molecule has 1 saturated heterocycles. The van der Waals surface area contributed by atoms with Gasteiger partial charge in [-0.1, -0.05) is 40.2 Å². The average molecular weight is 483 g/mol. The van der Waals surface area contributed by atoms with Gasteiger partial charge < -0.3 is 4.90 Å². The lowest BCUT2D eigenvalue weighted by atomic mass is 9.88. The number of carbonyl (C=O) groups excluding carboxylic acids is 2. The van der Waals surface area contributed by atoms with Crippen LogP contribution in [-0.2, 0) is 11.3 Å². The highest BCUT2D eigenvalue weighted by Gasteiger charge is 2.35. The van der Waals surface area contributed by atoms with Crippen molar-refractivity contribution in [2.24, 2.45) is 0 Å². The Kier molecular flexibility index (Phi) is 5.41. The zero-order chi connectivity index (χ0) is 21.6. The topological polar surface area (TPSA) is 40.6 Å². The molecule has 0 aromatic heterocycles. The fourth-order valence-electron chi connectivity index (χ4n) is 3.83. The first-order chi connectivity index (χ1) is 14.2. The monoisotopic (exact) mass is 482 g/mol. The maximum Gasteiger partial charge on any atom is 0.293 e. The van der Waals surface area contributed by atoms with Crippen LogP contribution in [0.3, 0.4) is 0 Å². The first-order valence-electron chi connectivity index (χ1n) is 9.73. The van der Waals surface area contributed by atoms with Crippen LogP contribution in [0.15, 0.2) is 57.9 Å². The number of benzene rings is 2. The molecule has 2 amide bonds. The van der Waals surface area contributed by atoms with Crippen molar-refractivity contribution in [2.45, 2.75) is 32.9 Å². The minimum absolute atomic E-state index is 0.0473. The summed E-state index contributed by atoms with van der Waals surface area (Å²) in [6.07, 6.45) is 4.07. The predicted molar refractivity (Wildman–Crippen MR) is 128 cm³/mol. The smallest absolute Gasteiger partial charge is 0.293 e. The molecule has 2 aromatic rings. The lowest BCUT2D eigenvalue weighted by Crippen LogP contribution is -2.42. The Balaban J connectivity index is 1.60. The highest BCUT2D eigenvalue weighted by Crippen LogP contribution is 2.39. The molecule has 0 unspecified atom stereocenters. The van der Waals surface area contributed by atoms with E-state index in [1.807, 2.05) is 36.4 Å². The summed E-state index contributed by atoms with van der Waals surface area (Å²) in [6.45, 7) is 6.77. The maximum absolute atomic E-state index is 12.9. The molecule has 154 valence electrons. The Morgan fingerprint density at radius 3 is 2.50 bits per heavy atom. The quantitative estimate of drug-likeness (QED) is 0.480. The second kappa shape index (κ2) is 7.75. The molecule has 0 N–H and O–H groups in total. The third-order valence-electron chi connectivity index (χ3n) is 5.67. The number of rotatable bonds is 3. The SMILES string of the molecule is CC1=CC(C)(C)N(C)c2ccc(/C=C3\SC(=O)N(Cc4ccc(Br)cc4)C3=O)cc21. The van der Waals surface area contributed by atoms with Gasteiger partial charge in [-0.2, -0.15) is 0 Å². The highest BCUT2D eigenvalue weighted by atomic mass is 79.9. The van der Waals surface area contributed by atoms with E-state index < -0.39 is 0 Å². The number of carbonyl (C=O) groups is 2. The number of hydrogen-bond acceptors (Lipinski definition) is 4. The molecule has 1 fully saturated rings. The van der Waals surface area contributed by atoms with Crippen molar-refractivity contribution in [1.82, 2.24) is 4.90 Å². The Morgan fingerprint density at radius 2 is 1.80 bits per heavy atom. The molecule has 0 aliphatic carbocycles. The molecule has 6 heteroatoms. The Hall–Kier alpha value is -2.31. The van der Waals surface area contributed by atoms with Gasteiger partial charge in [-0.25, -0.2) is 0 Å². The van der Waals surface area contributed by atoms with Crippen molar-refractivity contribution in [3.63, 3.8) is 0 Å². The first kappa shape index (κ1) is 20.9. The van der Waals surface area contributed by atoms with Crippen LogP contribution in [0.25, 0.3) is 11.6 Å².